The molecule has 0 aliphatic carbocycles. The van der Waals surface area contributed by atoms with Crippen molar-refractivity contribution in [3.8, 4) is 11.1 Å². The van der Waals surface area contributed by atoms with E-state index >= 15 is 0 Å². The summed E-state index contributed by atoms with van der Waals surface area (Å²) in [4.78, 5) is 28.7. The Balaban J connectivity index is 1.22. The average molecular weight is 532 g/mol. The first-order chi connectivity index (χ1) is 19.6. The molecule has 2 amide bonds. The van der Waals surface area contributed by atoms with Gasteiger partial charge in [0.1, 0.15) is 0 Å². The number of carbonyl (C=O) groups is 2. The molecule has 1 aliphatic rings. The van der Waals surface area contributed by atoms with Gasteiger partial charge in [0.05, 0.1) is 5.92 Å². The SMILES string of the molecule is CCCNC(=O)C(c1ccccc1)C1CCN(c2ccc(NC(=O)c3ccccc3-c3ccccc3)cc2)CC1. The van der Waals surface area contributed by atoms with E-state index in [0.29, 0.717) is 18.0 Å². The molecule has 5 heteroatoms. The summed E-state index contributed by atoms with van der Waals surface area (Å²) >= 11 is 0. The maximum absolute atomic E-state index is 13.2. The second-order valence-electron chi connectivity index (χ2n) is 10.4. The topological polar surface area (TPSA) is 61.4 Å². The molecule has 5 nitrogen and oxygen atoms in total. The van der Waals surface area contributed by atoms with Gasteiger partial charge in [-0.25, -0.2) is 0 Å². The molecule has 1 aliphatic heterocycles. The highest BCUT2D eigenvalue weighted by Gasteiger charge is 2.32. The van der Waals surface area contributed by atoms with Gasteiger partial charge in [0.2, 0.25) is 5.91 Å². The number of hydrogen-bond donors (Lipinski definition) is 2. The molecule has 4 aromatic carbocycles. The molecule has 0 aromatic heterocycles. The van der Waals surface area contributed by atoms with Crippen molar-refractivity contribution in [2.75, 3.05) is 29.9 Å². The Morgan fingerprint density at radius 1 is 0.800 bits per heavy atom. The quantitative estimate of drug-likeness (QED) is 0.241. The Hall–Kier alpha value is -4.38. The lowest BCUT2D eigenvalue weighted by atomic mass is 9.79. The number of amides is 2. The van der Waals surface area contributed by atoms with Crippen molar-refractivity contribution in [2.45, 2.75) is 32.1 Å². The number of nitrogens with zero attached hydrogens (tertiary/aromatic N) is 1. The lowest BCUT2D eigenvalue weighted by Gasteiger charge is -2.37. The number of carbonyl (C=O) groups excluding carboxylic acids is 2. The Morgan fingerprint density at radius 2 is 1.43 bits per heavy atom. The van der Waals surface area contributed by atoms with Gasteiger partial charge in [-0.05, 0) is 72.2 Å². The average Bonchev–Trinajstić information content (AvgIpc) is 3.02. The number of nitrogens with one attached hydrogen (secondary N) is 2. The summed E-state index contributed by atoms with van der Waals surface area (Å²) in [5.41, 5.74) is 5.58. The van der Waals surface area contributed by atoms with Crippen molar-refractivity contribution in [3.63, 3.8) is 0 Å². The van der Waals surface area contributed by atoms with Crippen molar-refractivity contribution in [1.29, 1.82) is 0 Å². The first-order valence-corrected chi connectivity index (χ1v) is 14.3. The number of anilines is 2. The van der Waals surface area contributed by atoms with Gasteiger partial charge in [-0.1, -0.05) is 85.8 Å². The van der Waals surface area contributed by atoms with Crippen LogP contribution in [0.4, 0.5) is 11.4 Å². The van der Waals surface area contributed by atoms with Crippen LogP contribution in [0.25, 0.3) is 11.1 Å². The molecule has 40 heavy (non-hydrogen) atoms. The molecule has 1 unspecified atom stereocenters. The fraction of sp³-hybridized carbons (Fsp3) is 0.257. The van der Waals surface area contributed by atoms with Crippen LogP contribution < -0.4 is 15.5 Å². The number of rotatable bonds is 9. The van der Waals surface area contributed by atoms with Gasteiger partial charge in [-0.3, -0.25) is 9.59 Å². The Morgan fingerprint density at radius 3 is 2.10 bits per heavy atom. The second-order valence-corrected chi connectivity index (χ2v) is 10.4. The molecule has 1 atom stereocenters. The van der Waals surface area contributed by atoms with Crippen LogP contribution in [-0.4, -0.2) is 31.4 Å². The van der Waals surface area contributed by atoms with Gasteiger partial charge in [0, 0.05) is 36.6 Å². The highest BCUT2D eigenvalue weighted by atomic mass is 16.2. The van der Waals surface area contributed by atoms with Gasteiger partial charge in [0.15, 0.2) is 0 Å². The predicted octanol–water partition coefficient (Wildman–Crippen LogP) is 7.13. The minimum Gasteiger partial charge on any atom is -0.372 e. The van der Waals surface area contributed by atoms with E-state index in [1.807, 2.05) is 84.9 Å². The Kier molecular flexibility index (Phi) is 8.92. The minimum absolute atomic E-state index is 0.119. The third-order valence-corrected chi connectivity index (χ3v) is 7.75. The Labute approximate surface area is 237 Å². The van der Waals surface area contributed by atoms with Crippen molar-refractivity contribution in [3.05, 3.63) is 120 Å². The van der Waals surface area contributed by atoms with Gasteiger partial charge >= 0.3 is 0 Å². The normalized spacial score (nSPS) is 14.4. The van der Waals surface area contributed by atoms with Crippen LogP contribution in [0.1, 0.15) is 48.0 Å². The van der Waals surface area contributed by atoms with E-state index in [9.17, 15) is 9.59 Å². The van der Waals surface area contributed by atoms with Gasteiger partial charge in [-0.15, -0.1) is 0 Å². The fourth-order valence-corrected chi connectivity index (χ4v) is 5.65. The van der Waals surface area contributed by atoms with Gasteiger partial charge in [-0.2, -0.15) is 0 Å². The summed E-state index contributed by atoms with van der Waals surface area (Å²) in [6.45, 7) is 4.58. The fourth-order valence-electron chi connectivity index (χ4n) is 5.65. The first kappa shape index (κ1) is 27.2. The summed E-state index contributed by atoms with van der Waals surface area (Å²) in [5.74, 6) is 0.201. The van der Waals surface area contributed by atoms with Crippen LogP contribution in [0, 0.1) is 5.92 Å². The monoisotopic (exact) mass is 531 g/mol. The van der Waals surface area contributed by atoms with E-state index in [4.69, 9.17) is 0 Å². The third-order valence-electron chi connectivity index (χ3n) is 7.75. The lowest BCUT2D eigenvalue weighted by molar-refractivity contribution is -0.124. The van der Waals surface area contributed by atoms with Gasteiger partial charge in [0.25, 0.3) is 5.91 Å². The molecule has 2 N–H and O–H groups in total. The smallest absolute Gasteiger partial charge is 0.256 e. The first-order valence-electron chi connectivity index (χ1n) is 14.3. The number of benzene rings is 4. The van der Waals surface area contributed by atoms with Crippen molar-refractivity contribution in [2.24, 2.45) is 5.92 Å². The van der Waals surface area contributed by atoms with Crippen LogP contribution in [0.5, 0.6) is 0 Å². The van der Waals surface area contributed by atoms with Crippen LogP contribution in [-0.2, 0) is 4.79 Å². The third kappa shape index (κ3) is 6.42. The summed E-state index contributed by atoms with van der Waals surface area (Å²) in [6.07, 6.45) is 2.84. The molecule has 0 radical (unpaired) electrons. The van der Waals surface area contributed by atoms with Crippen LogP contribution in [0.15, 0.2) is 109 Å². The number of piperidine rings is 1. The van der Waals surface area contributed by atoms with Crippen molar-refractivity contribution in [1.82, 2.24) is 5.32 Å². The molecule has 0 saturated carbocycles. The zero-order valence-electron chi connectivity index (χ0n) is 23.1. The molecule has 5 rings (SSSR count). The van der Waals surface area contributed by atoms with E-state index in [2.05, 4.69) is 46.7 Å². The molecular formula is C35H37N3O2. The molecule has 204 valence electrons. The summed E-state index contributed by atoms with van der Waals surface area (Å²) in [5, 5.41) is 6.20. The van der Waals surface area contributed by atoms with Crippen LogP contribution >= 0.6 is 0 Å². The largest absolute Gasteiger partial charge is 0.372 e. The summed E-state index contributed by atoms with van der Waals surface area (Å²) in [6, 6.07) is 35.9. The second kappa shape index (κ2) is 13.1. The molecule has 0 spiro atoms. The summed E-state index contributed by atoms with van der Waals surface area (Å²) < 4.78 is 0. The van der Waals surface area contributed by atoms with Crippen molar-refractivity contribution < 1.29 is 9.59 Å². The lowest BCUT2D eigenvalue weighted by Crippen LogP contribution is -2.40. The maximum atomic E-state index is 13.2. The molecule has 0 bridgehead atoms. The van der Waals surface area contributed by atoms with E-state index in [1.165, 1.54) is 0 Å². The minimum atomic E-state index is -0.124. The van der Waals surface area contributed by atoms with Crippen LogP contribution in [0.2, 0.25) is 0 Å². The zero-order valence-corrected chi connectivity index (χ0v) is 23.1. The predicted molar refractivity (Wildman–Crippen MR) is 164 cm³/mol. The van der Waals surface area contributed by atoms with Gasteiger partial charge < -0.3 is 15.5 Å². The van der Waals surface area contributed by atoms with E-state index < -0.39 is 0 Å². The number of hydrogen-bond acceptors (Lipinski definition) is 3. The molecule has 1 saturated heterocycles. The maximum Gasteiger partial charge on any atom is 0.256 e. The van der Waals surface area contributed by atoms with E-state index in [1.54, 1.807) is 0 Å². The van der Waals surface area contributed by atoms with E-state index in [-0.39, 0.29) is 17.7 Å². The zero-order chi connectivity index (χ0) is 27.7. The standard InChI is InChI=1S/C35H37N3O2/c1-2-23-36-35(40)33(27-13-7-4-8-14-27)28-21-24-38(25-22-28)30-19-17-29(18-20-30)37-34(39)32-16-10-9-15-31(32)26-11-5-3-6-12-26/h3-20,28,33H,2,21-25H2,1H3,(H,36,40)(H,37,39). The highest BCUT2D eigenvalue weighted by molar-refractivity contribution is 6.08. The molecule has 1 fully saturated rings. The van der Waals surface area contributed by atoms with Crippen LogP contribution in [0.3, 0.4) is 0 Å². The summed E-state index contributed by atoms with van der Waals surface area (Å²) in [7, 11) is 0. The highest BCUT2D eigenvalue weighted by Crippen LogP contribution is 2.35. The molecular weight excluding hydrogens is 494 g/mol. The van der Waals surface area contributed by atoms with Crippen molar-refractivity contribution >= 4 is 23.2 Å². The molecule has 1 heterocycles. The van der Waals surface area contributed by atoms with E-state index in [0.717, 1.165) is 60.4 Å². The molecule has 4 aromatic rings. The Bertz CT molecular complexity index is 1400.